The van der Waals surface area contributed by atoms with Crippen molar-refractivity contribution in [2.45, 2.75) is 13.0 Å². The predicted octanol–water partition coefficient (Wildman–Crippen LogP) is 4.89. The van der Waals surface area contributed by atoms with Gasteiger partial charge in [0, 0.05) is 12.1 Å². The van der Waals surface area contributed by atoms with Gasteiger partial charge in [-0.25, -0.2) is 0 Å². The molecule has 1 atom stereocenters. The molecule has 0 amide bonds. The lowest BCUT2D eigenvalue weighted by molar-refractivity contribution is 0.355. The van der Waals surface area contributed by atoms with E-state index >= 15 is 0 Å². The Hall–Kier alpha value is -1.33. The molecule has 4 nitrogen and oxygen atoms in total. The van der Waals surface area contributed by atoms with Crippen LogP contribution >= 0.6 is 27.5 Å². The van der Waals surface area contributed by atoms with Crippen LogP contribution in [-0.4, -0.2) is 14.2 Å². The Bertz CT molecular complexity index is 600. The third-order valence-corrected chi connectivity index (χ3v) is 3.60. The van der Waals surface area contributed by atoms with Crippen molar-refractivity contribution < 1.29 is 13.9 Å². The van der Waals surface area contributed by atoms with Gasteiger partial charge in [-0.15, -0.1) is 0 Å². The molecule has 0 aliphatic carbocycles. The molecular weight excluding hydrogens is 346 g/mol. The van der Waals surface area contributed by atoms with E-state index in [9.17, 15) is 0 Å². The third kappa shape index (κ3) is 3.22. The van der Waals surface area contributed by atoms with Crippen LogP contribution in [0.4, 0.5) is 5.69 Å². The smallest absolute Gasteiger partial charge is 0.169 e. The van der Waals surface area contributed by atoms with E-state index in [1.165, 1.54) is 0 Å². The van der Waals surface area contributed by atoms with Gasteiger partial charge in [-0.1, -0.05) is 11.6 Å². The molecule has 2 aromatic rings. The minimum absolute atomic E-state index is 0.0306. The van der Waals surface area contributed by atoms with Crippen molar-refractivity contribution in [2.24, 2.45) is 0 Å². The quantitative estimate of drug-likeness (QED) is 0.825. The van der Waals surface area contributed by atoms with Gasteiger partial charge in [0.1, 0.15) is 5.76 Å². The first-order chi connectivity index (χ1) is 9.55. The first-order valence-corrected chi connectivity index (χ1v) is 7.15. The fourth-order valence-electron chi connectivity index (χ4n) is 1.83. The van der Waals surface area contributed by atoms with E-state index in [4.69, 9.17) is 25.5 Å². The van der Waals surface area contributed by atoms with E-state index < -0.39 is 0 Å². The molecule has 0 radical (unpaired) electrons. The van der Waals surface area contributed by atoms with E-state index in [1.54, 1.807) is 26.4 Å². The summed E-state index contributed by atoms with van der Waals surface area (Å²) in [6.45, 7) is 1.98. The first kappa shape index (κ1) is 15.1. The summed E-state index contributed by atoms with van der Waals surface area (Å²) < 4.78 is 16.7. The molecule has 0 aliphatic rings. The van der Waals surface area contributed by atoms with Crippen LogP contribution in [0.15, 0.2) is 33.4 Å². The highest BCUT2D eigenvalue weighted by atomic mass is 79.9. The largest absolute Gasteiger partial charge is 0.493 e. The number of nitrogens with one attached hydrogen (secondary N) is 1. The maximum absolute atomic E-state index is 6.24. The highest BCUT2D eigenvalue weighted by Crippen LogP contribution is 2.37. The Morgan fingerprint density at radius 3 is 2.40 bits per heavy atom. The molecule has 1 aromatic carbocycles. The van der Waals surface area contributed by atoms with Crippen LogP contribution in [0.2, 0.25) is 5.02 Å². The average Bonchev–Trinajstić information content (AvgIpc) is 2.87. The SMILES string of the molecule is COc1cc(Cl)c(NC(C)c2ccc(Br)o2)cc1OC. The molecular formula is C14H15BrClNO3. The zero-order chi connectivity index (χ0) is 14.7. The predicted molar refractivity (Wildman–Crippen MR) is 83.0 cm³/mol. The molecule has 6 heteroatoms. The normalized spacial score (nSPS) is 12.1. The highest BCUT2D eigenvalue weighted by molar-refractivity contribution is 9.10. The van der Waals surface area contributed by atoms with Gasteiger partial charge in [-0.05, 0) is 35.0 Å². The van der Waals surface area contributed by atoms with E-state index in [0.29, 0.717) is 21.2 Å². The van der Waals surface area contributed by atoms with Gasteiger partial charge in [-0.2, -0.15) is 0 Å². The van der Waals surface area contributed by atoms with E-state index in [2.05, 4.69) is 21.2 Å². The summed E-state index contributed by atoms with van der Waals surface area (Å²) >= 11 is 9.52. The third-order valence-electron chi connectivity index (χ3n) is 2.87. The molecule has 0 fully saturated rings. The molecule has 0 spiro atoms. The summed E-state index contributed by atoms with van der Waals surface area (Å²) in [6.07, 6.45) is 0. The Kier molecular flexibility index (Phi) is 4.83. The van der Waals surface area contributed by atoms with Crippen LogP contribution in [0.25, 0.3) is 0 Å². The number of benzene rings is 1. The van der Waals surface area contributed by atoms with Crippen molar-refractivity contribution >= 4 is 33.2 Å². The fourth-order valence-corrected chi connectivity index (χ4v) is 2.36. The fraction of sp³-hybridized carbons (Fsp3) is 0.286. The minimum atomic E-state index is -0.0306. The van der Waals surface area contributed by atoms with Crippen LogP contribution in [-0.2, 0) is 0 Å². The van der Waals surface area contributed by atoms with Crippen molar-refractivity contribution in [2.75, 3.05) is 19.5 Å². The molecule has 1 heterocycles. The number of hydrogen-bond acceptors (Lipinski definition) is 4. The maximum Gasteiger partial charge on any atom is 0.169 e. The topological polar surface area (TPSA) is 43.6 Å². The number of methoxy groups -OCH3 is 2. The molecule has 0 saturated carbocycles. The average molecular weight is 361 g/mol. The van der Waals surface area contributed by atoms with E-state index in [-0.39, 0.29) is 6.04 Å². The van der Waals surface area contributed by atoms with Gasteiger partial charge in [0.2, 0.25) is 0 Å². The van der Waals surface area contributed by atoms with Crippen molar-refractivity contribution in [1.29, 1.82) is 0 Å². The van der Waals surface area contributed by atoms with Crippen molar-refractivity contribution in [3.05, 3.63) is 39.7 Å². The second kappa shape index (κ2) is 6.41. The number of furan rings is 1. The molecule has 1 aromatic heterocycles. The molecule has 0 saturated heterocycles. The van der Waals surface area contributed by atoms with Crippen LogP contribution in [0.3, 0.4) is 0 Å². The van der Waals surface area contributed by atoms with Crippen molar-refractivity contribution in [3.8, 4) is 11.5 Å². The van der Waals surface area contributed by atoms with Gasteiger partial charge in [0.15, 0.2) is 16.2 Å². The molecule has 2 rings (SSSR count). The van der Waals surface area contributed by atoms with E-state index in [0.717, 1.165) is 11.4 Å². The molecule has 1 unspecified atom stereocenters. The zero-order valence-corrected chi connectivity index (χ0v) is 13.7. The Balaban J connectivity index is 2.24. The lowest BCUT2D eigenvalue weighted by Crippen LogP contribution is -2.06. The maximum atomic E-state index is 6.24. The molecule has 20 heavy (non-hydrogen) atoms. The summed E-state index contributed by atoms with van der Waals surface area (Å²) in [5, 5.41) is 3.84. The monoisotopic (exact) mass is 359 g/mol. The highest BCUT2D eigenvalue weighted by Gasteiger charge is 2.14. The Morgan fingerprint density at radius 2 is 1.85 bits per heavy atom. The number of hydrogen-bond donors (Lipinski definition) is 1. The number of halogens is 2. The summed E-state index contributed by atoms with van der Waals surface area (Å²) in [4.78, 5) is 0. The zero-order valence-electron chi connectivity index (χ0n) is 11.4. The number of anilines is 1. The molecule has 0 aliphatic heterocycles. The summed E-state index contributed by atoms with van der Waals surface area (Å²) in [6, 6.07) is 7.24. The van der Waals surface area contributed by atoms with Crippen LogP contribution in [0, 0.1) is 0 Å². The Labute approximate surface area is 131 Å². The molecule has 0 bridgehead atoms. The lowest BCUT2D eigenvalue weighted by Gasteiger charge is -2.16. The molecule has 1 N–H and O–H groups in total. The molecule has 108 valence electrons. The number of ether oxygens (including phenoxy) is 2. The van der Waals surface area contributed by atoms with Crippen molar-refractivity contribution in [3.63, 3.8) is 0 Å². The van der Waals surface area contributed by atoms with Crippen LogP contribution in [0.5, 0.6) is 11.5 Å². The second-order valence-electron chi connectivity index (χ2n) is 4.19. The second-order valence-corrected chi connectivity index (χ2v) is 5.38. The van der Waals surface area contributed by atoms with Gasteiger partial charge in [-0.3, -0.25) is 0 Å². The Morgan fingerprint density at radius 1 is 1.20 bits per heavy atom. The summed E-state index contributed by atoms with van der Waals surface area (Å²) in [5.41, 5.74) is 0.754. The van der Waals surface area contributed by atoms with Gasteiger partial charge in [0.25, 0.3) is 0 Å². The van der Waals surface area contributed by atoms with Crippen molar-refractivity contribution in [1.82, 2.24) is 0 Å². The lowest BCUT2D eigenvalue weighted by atomic mass is 10.2. The summed E-state index contributed by atoms with van der Waals surface area (Å²) in [5.74, 6) is 2.02. The standard InChI is InChI=1S/C14H15BrClNO3/c1-8(11-4-5-14(15)20-11)17-10-7-13(19-3)12(18-2)6-9(10)16/h4-8,17H,1-3H3. The van der Waals surface area contributed by atoms with E-state index in [1.807, 2.05) is 19.1 Å². The van der Waals surface area contributed by atoms with Crippen LogP contribution < -0.4 is 14.8 Å². The van der Waals surface area contributed by atoms with Gasteiger partial charge in [0.05, 0.1) is 31.0 Å². The number of rotatable bonds is 5. The van der Waals surface area contributed by atoms with Gasteiger partial charge < -0.3 is 19.2 Å². The summed E-state index contributed by atoms with van der Waals surface area (Å²) in [7, 11) is 3.16. The van der Waals surface area contributed by atoms with Crippen LogP contribution in [0.1, 0.15) is 18.7 Å². The van der Waals surface area contributed by atoms with Gasteiger partial charge >= 0.3 is 0 Å². The minimum Gasteiger partial charge on any atom is -0.493 e. The first-order valence-electron chi connectivity index (χ1n) is 5.98.